The Balaban J connectivity index is 1.95. The number of nitriles is 2. The van der Waals surface area contributed by atoms with Gasteiger partial charge < -0.3 is 4.90 Å². The van der Waals surface area contributed by atoms with Gasteiger partial charge in [-0.1, -0.05) is 47.5 Å². The number of hydrogen-bond donors (Lipinski definition) is 0. The molecule has 0 radical (unpaired) electrons. The molecule has 9 heteroatoms. The highest BCUT2D eigenvalue weighted by Crippen LogP contribution is 2.56. The molecule has 21 heavy (non-hydrogen) atoms. The van der Waals surface area contributed by atoms with Gasteiger partial charge in [0.15, 0.2) is 0 Å². The van der Waals surface area contributed by atoms with Crippen LogP contribution in [0, 0.1) is 22.7 Å². The Morgan fingerprint density at radius 3 is 2.14 bits per heavy atom. The lowest BCUT2D eigenvalue weighted by atomic mass is 10.6. The molecule has 1 fully saturated rings. The summed E-state index contributed by atoms with van der Waals surface area (Å²) in [5, 5.41) is 17.4. The highest BCUT2D eigenvalue weighted by Gasteiger charge is 2.34. The summed E-state index contributed by atoms with van der Waals surface area (Å²) in [5.41, 5.74) is 0. The van der Waals surface area contributed by atoms with Crippen LogP contribution in [0.15, 0.2) is 8.47 Å². The molecule has 0 N–H and O–H groups in total. The average molecular weight is 392 g/mol. The van der Waals surface area contributed by atoms with Gasteiger partial charge in [0.1, 0.15) is 9.03 Å². The maximum Gasteiger partial charge on any atom is 0.138 e. The summed E-state index contributed by atoms with van der Waals surface area (Å²) in [5.74, 6) is 2.73. The van der Waals surface area contributed by atoms with Crippen molar-refractivity contribution in [1.82, 2.24) is 4.90 Å². The van der Waals surface area contributed by atoms with Gasteiger partial charge in [0.05, 0.1) is 20.6 Å². The molecule has 112 valence electrons. The second-order valence-electron chi connectivity index (χ2n) is 3.94. The molecule has 0 unspecified atom stereocenters. The van der Waals surface area contributed by atoms with E-state index in [4.69, 9.17) is 22.7 Å². The molecule has 0 saturated carbocycles. The summed E-state index contributed by atoms with van der Waals surface area (Å²) < 4.78 is 3.90. The minimum Gasteiger partial charge on any atom is -0.335 e. The number of hydrogen-bond acceptors (Lipinski definition) is 8. The molecular formula is C12H13N3S6. The van der Waals surface area contributed by atoms with Crippen molar-refractivity contribution < 1.29 is 0 Å². The van der Waals surface area contributed by atoms with Crippen molar-refractivity contribution in [2.75, 3.05) is 23.8 Å². The zero-order valence-electron chi connectivity index (χ0n) is 11.1. The van der Waals surface area contributed by atoms with Gasteiger partial charge in [-0.25, -0.2) is 0 Å². The van der Waals surface area contributed by atoms with Crippen LogP contribution in [-0.4, -0.2) is 37.7 Å². The van der Waals surface area contributed by atoms with Crippen LogP contribution in [0.5, 0.6) is 0 Å². The van der Waals surface area contributed by atoms with Crippen LogP contribution >= 0.6 is 71.0 Å². The number of thiocarbonyl (C=S) groups is 1. The van der Waals surface area contributed by atoms with E-state index in [2.05, 4.69) is 17.0 Å². The van der Waals surface area contributed by atoms with Crippen LogP contribution < -0.4 is 0 Å². The highest BCUT2D eigenvalue weighted by molar-refractivity contribution is 8.37. The summed E-state index contributed by atoms with van der Waals surface area (Å²) in [6.45, 7) is 1.01. The molecule has 0 aromatic carbocycles. The monoisotopic (exact) mass is 391 g/mol. The van der Waals surface area contributed by atoms with E-state index in [1.165, 1.54) is 8.47 Å². The number of thioether (sulfide) groups is 5. The Morgan fingerprint density at radius 1 is 1.14 bits per heavy atom. The van der Waals surface area contributed by atoms with Crippen LogP contribution in [0.25, 0.3) is 0 Å². The van der Waals surface area contributed by atoms with Gasteiger partial charge in [0, 0.05) is 36.6 Å². The van der Waals surface area contributed by atoms with Crippen LogP contribution in [0.3, 0.4) is 0 Å². The molecule has 1 saturated heterocycles. The Hall–Kier alpha value is 0.360. The minimum absolute atomic E-state index is 0.321. The van der Waals surface area contributed by atoms with E-state index in [9.17, 15) is 0 Å². The zero-order valence-corrected chi connectivity index (χ0v) is 16.0. The third-order valence-electron chi connectivity index (χ3n) is 2.52. The fourth-order valence-electron chi connectivity index (χ4n) is 1.59. The van der Waals surface area contributed by atoms with Gasteiger partial charge in [0.2, 0.25) is 0 Å². The SMILES string of the molecule is N#CCCSC1=C(SCCC#N)SC(N2CCSC2=S)S1. The lowest BCUT2D eigenvalue weighted by molar-refractivity contribution is 0.527. The lowest BCUT2D eigenvalue weighted by Gasteiger charge is -2.23. The fraction of sp³-hybridized carbons (Fsp3) is 0.583. The Labute approximate surface area is 152 Å². The van der Waals surface area contributed by atoms with Gasteiger partial charge in [-0.05, 0) is 0 Å². The molecule has 3 nitrogen and oxygen atoms in total. The normalized spacial score (nSPS) is 19.1. The summed E-state index contributed by atoms with van der Waals surface area (Å²) >= 11 is 14.4. The molecule has 2 aliphatic heterocycles. The van der Waals surface area contributed by atoms with Crippen molar-refractivity contribution >= 4 is 75.3 Å². The van der Waals surface area contributed by atoms with E-state index >= 15 is 0 Å². The van der Waals surface area contributed by atoms with Crippen LogP contribution in [-0.2, 0) is 0 Å². The van der Waals surface area contributed by atoms with Crippen LogP contribution in [0.4, 0.5) is 0 Å². The molecule has 0 aliphatic carbocycles. The molecule has 2 heterocycles. The van der Waals surface area contributed by atoms with Crippen LogP contribution in [0.2, 0.25) is 0 Å². The Kier molecular flexibility index (Phi) is 8.00. The van der Waals surface area contributed by atoms with Gasteiger partial charge in [-0.15, -0.1) is 23.5 Å². The van der Waals surface area contributed by atoms with E-state index in [1.54, 1.807) is 35.3 Å². The second-order valence-corrected chi connectivity index (χ2v) is 10.9. The molecular weight excluding hydrogens is 379 g/mol. The largest absolute Gasteiger partial charge is 0.335 e. The van der Waals surface area contributed by atoms with Gasteiger partial charge in [-0.3, -0.25) is 0 Å². The fourth-order valence-corrected chi connectivity index (χ4v) is 9.37. The third-order valence-corrected chi connectivity index (χ3v) is 9.86. The first-order chi connectivity index (χ1) is 10.3. The first-order valence-electron chi connectivity index (χ1n) is 6.26. The van der Waals surface area contributed by atoms with Gasteiger partial charge in [0.25, 0.3) is 0 Å². The number of nitrogens with zero attached hydrogens (tertiary/aromatic N) is 3. The van der Waals surface area contributed by atoms with Crippen molar-refractivity contribution in [2.24, 2.45) is 0 Å². The maximum absolute atomic E-state index is 8.68. The smallest absolute Gasteiger partial charge is 0.138 e. The Morgan fingerprint density at radius 2 is 1.71 bits per heavy atom. The predicted octanol–water partition coefficient (Wildman–Crippen LogP) is 4.50. The van der Waals surface area contributed by atoms with E-state index in [1.807, 2.05) is 23.5 Å². The molecule has 0 bridgehead atoms. The molecule has 0 spiro atoms. The second kappa shape index (κ2) is 9.49. The maximum atomic E-state index is 8.68. The molecule has 0 aromatic heterocycles. The number of rotatable bonds is 7. The Bertz CT molecular complexity index is 474. The summed E-state index contributed by atoms with van der Waals surface area (Å²) in [6.07, 6.45) is 1.14. The van der Waals surface area contributed by atoms with Crippen molar-refractivity contribution in [2.45, 2.75) is 17.5 Å². The quantitative estimate of drug-likeness (QED) is 0.461. The van der Waals surface area contributed by atoms with Gasteiger partial charge in [-0.2, -0.15) is 10.5 Å². The lowest BCUT2D eigenvalue weighted by Crippen LogP contribution is -2.29. The van der Waals surface area contributed by atoms with E-state index < -0.39 is 0 Å². The molecule has 0 atom stereocenters. The highest BCUT2D eigenvalue weighted by atomic mass is 32.3. The van der Waals surface area contributed by atoms with Crippen molar-refractivity contribution in [1.29, 1.82) is 10.5 Å². The van der Waals surface area contributed by atoms with Crippen molar-refractivity contribution in [3.63, 3.8) is 0 Å². The average Bonchev–Trinajstić information content (AvgIpc) is 3.06. The van der Waals surface area contributed by atoms with E-state index in [0.29, 0.717) is 17.5 Å². The summed E-state index contributed by atoms with van der Waals surface area (Å²) in [7, 11) is 0. The topological polar surface area (TPSA) is 50.8 Å². The van der Waals surface area contributed by atoms with Gasteiger partial charge >= 0.3 is 0 Å². The molecule has 2 rings (SSSR count). The first-order valence-corrected chi connectivity index (χ1v) is 11.4. The first kappa shape index (κ1) is 17.7. The summed E-state index contributed by atoms with van der Waals surface area (Å²) in [6, 6.07) is 4.38. The van der Waals surface area contributed by atoms with Crippen molar-refractivity contribution in [3.8, 4) is 12.1 Å². The summed E-state index contributed by atoms with van der Waals surface area (Å²) in [4.78, 5) is 2.29. The van der Waals surface area contributed by atoms with E-state index in [0.717, 1.165) is 28.1 Å². The van der Waals surface area contributed by atoms with E-state index in [-0.39, 0.29) is 0 Å². The zero-order chi connectivity index (χ0) is 15.1. The minimum atomic E-state index is 0.321. The molecule has 0 aromatic rings. The van der Waals surface area contributed by atoms with Crippen molar-refractivity contribution in [3.05, 3.63) is 8.47 Å². The third kappa shape index (κ3) is 5.19. The predicted molar refractivity (Wildman–Crippen MR) is 103 cm³/mol. The van der Waals surface area contributed by atoms with Crippen LogP contribution in [0.1, 0.15) is 12.8 Å². The molecule has 0 amide bonds. The molecule has 2 aliphatic rings. The standard InChI is InChI=1S/C12H13N3S6/c13-3-1-6-17-9-10(18-7-2-4-14)21-12(20-9)15-5-8-19-11(15)16/h12H,1-2,5-8H2.